The highest BCUT2D eigenvalue weighted by molar-refractivity contribution is 5.68. The van der Waals surface area contributed by atoms with Gasteiger partial charge >= 0.3 is 6.09 Å². The van der Waals surface area contributed by atoms with Crippen molar-refractivity contribution in [1.82, 2.24) is 5.32 Å². The number of hydrogen-bond donors (Lipinski definition) is 2. The molecule has 5 heteroatoms. The van der Waals surface area contributed by atoms with Gasteiger partial charge in [0.15, 0.2) is 0 Å². The number of carbonyl (C=O) groups excluding carboxylic acids is 1. The minimum atomic E-state index is -0.524. The zero-order chi connectivity index (χ0) is 12.8. The molecule has 0 saturated carbocycles. The lowest BCUT2D eigenvalue weighted by Crippen LogP contribution is -2.44. The van der Waals surface area contributed by atoms with Gasteiger partial charge in [0, 0.05) is 0 Å². The van der Waals surface area contributed by atoms with Crippen LogP contribution in [0.5, 0.6) is 0 Å². The molecule has 96 valence electrons. The fraction of sp³-hybridized carbons (Fsp3) is 0.909. The lowest BCUT2D eigenvalue weighted by atomic mass is 10.0. The van der Waals surface area contributed by atoms with Crippen LogP contribution in [0.1, 0.15) is 41.0 Å². The van der Waals surface area contributed by atoms with Gasteiger partial charge in [0.25, 0.3) is 0 Å². The molecule has 2 atom stereocenters. The molecule has 0 heterocycles. The molecule has 0 aromatic rings. The van der Waals surface area contributed by atoms with E-state index in [1.165, 1.54) is 0 Å². The average Bonchev–Trinajstić information content (AvgIpc) is 2.13. The van der Waals surface area contributed by atoms with E-state index in [4.69, 9.17) is 9.99 Å². The molecule has 0 radical (unpaired) electrons. The molecule has 0 aliphatic heterocycles. The van der Waals surface area contributed by atoms with Crippen LogP contribution in [0.4, 0.5) is 4.79 Å². The van der Waals surface area contributed by atoms with E-state index < -0.39 is 11.7 Å². The number of nitrogens with one attached hydrogen (secondary N) is 1. The van der Waals surface area contributed by atoms with E-state index in [0.29, 0.717) is 0 Å². The van der Waals surface area contributed by atoms with Gasteiger partial charge in [0.05, 0.1) is 6.04 Å². The van der Waals surface area contributed by atoms with Crippen molar-refractivity contribution in [3.8, 4) is 0 Å². The predicted molar refractivity (Wildman–Crippen MR) is 61.2 cm³/mol. The minimum absolute atomic E-state index is 0.0637. The van der Waals surface area contributed by atoms with Crippen LogP contribution in [0.3, 0.4) is 0 Å². The molecule has 2 N–H and O–H groups in total. The van der Waals surface area contributed by atoms with Gasteiger partial charge in [-0.1, -0.05) is 20.3 Å². The van der Waals surface area contributed by atoms with Crippen LogP contribution in [-0.4, -0.2) is 29.6 Å². The maximum atomic E-state index is 11.5. The van der Waals surface area contributed by atoms with Gasteiger partial charge < -0.3 is 10.1 Å². The van der Waals surface area contributed by atoms with Crippen LogP contribution < -0.4 is 5.32 Å². The van der Waals surface area contributed by atoms with Crippen molar-refractivity contribution < 1.29 is 19.7 Å². The number of ether oxygens (including phenoxy) is 1. The lowest BCUT2D eigenvalue weighted by Gasteiger charge is -2.25. The van der Waals surface area contributed by atoms with E-state index in [-0.39, 0.29) is 18.6 Å². The predicted octanol–water partition coefficient (Wildman–Crippen LogP) is 2.42. The summed E-state index contributed by atoms with van der Waals surface area (Å²) in [4.78, 5) is 15.6. The zero-order valence-corrected chi connectivity index (χ0v) is 10.7. The van der Waals surface area contributed by atoms with Gasteiger partial charge in [-0.25, -0.2) is 9.68 Å². The third-order valence-electron chi connectivity index (χ3n) is 2.29. The van der Waals surface area contributed by atoms with Crippen molar-refractivity contribution in [2.75, 3.05) is 6.61 Å². The van der Waals surface area contributed by atoms with E-state index >= 15 is 0 Å². The summed E-state index contributed by atoms with van der Waals surface area (Å²) in [6.07, 6.45) is 0.388. The van der Waals surface area contributed by atoms with Gasteiger partial charge in [0.2, 0.25) is 0 Å². The van der Waals surface area contributed by atoms with Gasteiger partial charge in [-0.15, -0.1) is 0 Å². The van der Waals surface area contributed by atoms with Crippen LogP contribution in [0.2, 0.25) is 0 Å². The molecule has 0 rings (SSSR count). The Labute approximate surface area is 97.1 Å². The quantitative estimate of drug-likeness (QED) is 0.565. The number of hydrogen-bond acceptors (Lipinski definition) is 4. The number of rotatable bonds is 5. The first-order chi connectivity index (χ1) is 7.30. The summed E-state index contributed by atoms with van der Waals surface area (Å²) in [5.41, 5.74) is -0.524. The topological polar surface area (TPSA) is 67.8 Å². The van der Waals surface area contributed by atoms with Crippen LogP contribution >= 0.6 is 0 Å². The molecule has 0 saturated heterocycles. The highest BCUT2D eigenvalue weighted by atomic mass is 17.1. The van der Waals surface area contributed by atoms with Crippen molar-refractivity contribution in [3.05, 3.63) is 0 Å². The molecule has 5 nitrogen and oxygen atoms in total. The normalized spacial score (nSPS) is 15.4. The Balaban J connectivity index is 4.23. The first-order valence-electron chi connectivity index (χ1n) is 5.56. The van der Waals surface area contributed by atoms with Gasteiger partial charge in [-0.05, 0) is 26.7 Å². The van der Waals surface area contributed by atoms with Gasteiger partial charge in [-0.3, -0.25) is 5.26 Å². The SMILES string of the molecule is CC[C@H](C)[C@@H](COO)NC(=O)OC(C)(C)C. The number of alkyl carbamates (subject to hydrolysis) is 1. The van der Waals surface area contributed by atoms with Gasteiger partial charge in [0.1, 0.15) is 12.2 Å². The highest BCUT2D eigenvalue weighted by Gasteiger charge is 2.22. The Morgan fingerprint density at radius 3 is 2.38 bits per heavy atom. The number of amides is 1. The largest absolute Gasteiger partial charge is 0.444 e. The van der Waals surface area contributed by atoms with E-state index in [1.807, 2.05) is 13.8 Å². The molecule has 0 aliphatic rings. The second-order valence-corrected chi connectivity index (χ2v) is 4.93. The number of carbonyl (C=O) groups is 1. The third-order valence-corrected chi connectivity index (χ3v) is 2.29. The Kier molecular flexibility index (Phi) is 6.36. The fourth-order valence-corrected chi connectivity index (χ4v) is 1.17. The monoisotopic (exact) mass is 233 g/mol. The molecular weight excluding hydrogens is 210 g/mol. The average molecular weight is 233 g/mol. The smallest absolute Gasteiger partial charge is 0.407 e. The zero-order valence-electron chi connectivity index (χ0n) is 10.7. The summed E-state index contributed by atoms with van der Waals surface area (Å²) in [5, 5.41) is 11.1. The molecule has 0 bridgehead atoms. The Bertz CT molecular complexity index is 213. The maximum absolute atomic E-state index is 11.5. The van der Waals surface area contributed by atoms with Crippen molar-refractivity contribution in [2.24, 2.45) is 5.92 Å². The van der Waals surface area contributed by atoms with Crippen LogP contribution in [0.15, 0.2) is 0 Å². The first-order valence-corrected chi connectivity index (χ1v) is 5.56. The summed E-state index contributed by atoms with van der Waals surface area (Å²) >= 11 is 0. The van der Waals surface area contributed by atoms with Crippen LogP contribution in [0, 0.1) is 5.92 Å². The second-order valence-electron chi connectivity index (χ2n) is 4.93. The highest BCUT2D eigenvalue weighted by Crippen LogP contribution is 2.11. The molecule has 0 aromatic heterocycles. The van der Waals surface area contributed by atoms with E-state index in [9.17, 15) is 4.79 Å². The summed E-state index contributed by atoms with van der Waals surface area (Å²) in [6, 6.07) is -0.246. The van der Waals surface area contributed by atoms with Crippen molar-refractivity contribution in [3.63, 3.8) is 0 Å². The Morgan fingerprint density at radius 2 is 2.00 bits per heavy atom. The standard InChI is InChI=1S/C11H23NO4/c1-6-8(2)9(7-15-14)12-10(13)16-11(3,4)5/h8-9,14H,6-7H2,1-5H3,(H,12,13)/t8-,9+/m0/s1. The lowest BCUT2D eigenvalue weighted by molar-refractivity contribution is -0.248. The van der Waals surface area contributed by atoms with Gasteiger partial charge in [-0.2, -0.15) is 0 Å². The summed E-state index contributed by atoms with van der Waals surface area (Å²) < 4.78 is 5.12. The molecule has 0 aliphatic carbocycles. The molecule has 16 heavy (non-hydrogen) atoms. The Hall–Kier alpha value is -0.810. The molecule has 0 spiro atoms. The molecular formula is C11H23NO4. The van der Waals surface area contributed by atoms with Crippen molar-refractivity contribution in [1.29, 1.82) is 0 Å². The van der Waals surface area contributed by atoms with E-state index in [1.54, 1.807) is 20.8 Å². The van der Waals surface area contributed by atoms with E-state index in [2.05, 4.69) is 10.2 Å². The van der Waals surface area contributed by atoms with Crippen molar-refractivity contribution >= 4 is 6.09 Å². The second kappa shape index (κ2) is 6.70. The van der Waals surface area contributed by atoms with Crippen LogP contribution in [-0.2, 0) is 9.62 Å². The molecule has 0 unspecified atom stereocenters. The third kappa shape index (κ3) is 6.63. The summed E-state index contributed by atoms with van der Waals surface area (Å²) in [5.74, 6) is 0.208. The van der Waals surface area contributed by atoms with E-state index in [0.717, 1.165) is 6.42 Å². The first kappa shape index (κ1) is 15.2. The van der Waals surface area contributed by atoms with Crippen molar-refractivity contribution in [2.45, 2.75) is 52.7 Å². The van der Waals surface area contributed by atoms with Crippen LogP contribution in [0.25, 0.3) is 0 Å². The minimum Gasteiger partial charge on any atom is -0.444 e. The molecule has 1 amide bonds. The fourth-order valence-electron chi connectivity index (χ4n) is 1.17. The summed E-state index contributed by atoms with van der Waals surface area (Å²) in [6.45, 7) is 9.44. The molecule has 0 aromatic carbocycles. The maximum Gasteiger partial charge on any atom is 0.407 e. The summed E-state index contributed by atoms with van der Waals surface area (Å²) in [7, 11) is 0. The Morgan fingerprint density at radius 1 is 1.44 bits per heavy atom. The molecule has 0 fully saturated rings.